The molecule has 24 heavy (non-hydrogen) atoms. The van der Waals surface area contributed by atoms with Crippen molar-refractivity contribution in [3.05, 3.63) is 39.9 Å². The molecule has 0 spiro atoms. The molecule has 2 amide bonds. The lowest BCUT2D eigenvalue weighted by Crippen LogP contribution is -2.41. The van der Waals surface area contributed by atoms with Gasteiger partial charge in [-0.25, -0.2) is 0 Å². The van der Waals surface area contributed by atoms with E-state index in [4.69, 9.17) is 0 Å². The van der Waals surface area contributed by atoms with Gasteiger partial charge < -0.3 is 10.6 Å². The van der Waals surface area contributed by atoms with Gasteiger partial charge in [-0.1, -0.05) is 38.8 Å². The Labute approximate surface area is 142 Å². The molecular weight excluding hydrogens is 310 g/mol. The second kappa shape index (κ2) is 10.4. The zero-order valence-electron chi connectivity index (χ0n) is 14.2. The number of rotatable bonds is 10. The Balaban J connectivity index is 2.90. The third kappa shape index (κ3) is 6.76. The van der Waals surface area contributed by atoms with Crippen LogP contribution in [0.1, 0.15) is 64.1 Å². The monoisotopic (exact) mass is 335 g/mol. The molecule has 0 unspecified atom stereocenters. The molecule has 0 aliphatic carbocycles. The molecular formula is C17H25N3O4. The number of amides is 2. The Morgan fingerprint density at radius 2 is 1.62 bits per heavy atom. The van der Waals surface area contributed by atoms with Gasteiger partial charge >= 0.3 is 0 Å². The molecule has 0 bridgehead atoms. The predicted molar refractivity (Wildman–Crippen MR) is 91.2 cm³/mol. The first-order valence-electron chi connectivity index (χ1n) is 8.31. The smallest absolute Gasteiger partial charge is 0.269 e. The maximum atomic E-state index is 12.0. The summed E-state index contributed by atoms with van der Waals surface area (Å²) in [6.45, 7) is 3.97. The van der Waals surface area contributed by atoms with Gasteiger partial charge in [-0.15, -0.1) is 0 Å². The number of carbonyl (C=O) groups excluding carboxylic acids is 2. The van der Waals surface area contributed by atoms with Crippen LogP contribution in [0.5, 0.6) is 0 Å². The number of benzene rings is 1. The van der Waals surface area contributed by atoms with Crippen LogP contribution < -0.4 is 10.6 Å². The zero-order valence-corrected chi connectivity index (χ0v) is 14.2. The van der Waals surface area contributed by atoms with Gasteiger partial charge in [-0.3, -0.25) is 19.7 Å². The summed E-state index contributed by atoms with van der Waals surface area (Å²) in [6, 6.07) is 5.93. The molecule has 0 aromatic heterocycles. The van der Waals surface area contributed by atoms with Crippen molar-refractivity contribution in [2.24, 2.45) is 0 Å². The van der Waals surface area contributed by atoms with E-state index < -0.39 is 11.1 Å². The van der Waals surface area contributed by atoms with Gasteiger partial charge in [0.25, 0.3) is 5.69 Å². The standard InChI is InChI=1S/C17H25N3O4/c1-3-5-10-15(21)18-17(19-16(22)11-6-4-2)13-8-7-9-14(12-13)20(23)24/h7-9,12,17H,3-6,10-11H2,1-2H3,(H,18,21)(H,19,22). The summed E-state index contributed by atoms with van der Waals surface area (Å²) < 4.78 is 0. The van der Waals surface area contributed by atoms with Crippen LogP contribution in [-0.2, 0) is 9.59 Å². The van der Waals surface area contributed by atoms with Crippen LogP contribution in [0.25, 0.3) is 0 Å². The molecule has 1 aromatic rings. The largest absolute Gasteiger partial charge is 0.332 e. The fourth-order valence-corrected chi connectivity index (χ4v) is 2.16. The highest BCUT2D eigenvalue weighted by Gasteiger charge is 2.19. The molecule has 1 aromatic carbocycles. The van der Waals surface area contributed by atoms with Crippen LogP contribution in [-0.4, -0.2) is 16.7 Å². The van der Waals surface area contributed by atoms with E-state index in [1.165, 1.54) is 18.2 Å². The highest BCUT2D eigenvalue weighted by atomic mass is 16.6. The van der Waals surface area contributed by atoms with Crippen molar-refractivity contribution in [2.45, 2.75) is 58.5 Å². The van der Waals surface area contributed by atoms with Crippen LogP contribution in [0, 0.1) is 10.1 Å². The topological polar surface area (TPSA) is 101 Å². The lowest BCUT2D eigenvalue weighted by molar-refractivity contribution is -0.384. The van der Waals surface area contributed by atoms with Crippen molar-refractivity contribution in [2.75, 3.05) is 0 Å². The van der Waals surface area contributed by atoms with Crippen LogP contribution in [0.3, 0.4) is 0 Å². The Morgan fingerprint density at radius 3 is 2.08 bits per heavy atom. The van der Waals surface area contributed by atoms with Gasteiger partial charge in [-0.2, -0.15) is 0 Å². The number of carbonyl (C=O) groups is 2. The minimum absolute atomic E-state index is 0.0804. The number of unbranched alkanes of at least 4 members (excludes halogenated alkanes) is 2. The molecule has 0 atom stereocenters. The van der Waals surface area contributed by atoms with Crippen LogP contribution in [0.2, 0.25) is 0 Å². The predicted octanol–water partition coefficient (Wildman–Crippen LogP) is 3.21. The molecule has 0 aliphatic rings. The number of nitro benzene ring substituents is 1. The molecule has 0 heterocycles. The lowest BCUT2D eigenvalue weighted by Gasteiger charge is -2.20. The maximum Gasteiger partial charge on any atom is 0.269 e. The Hall–Kier alpha value is -2.44. The highest BCUT2D eigenvalue weighted by Crippen LogP contribution is 2.18. The van der Waals surface area contributed by atoms with Gasteiger partial charge in [0, 0.05) is 30.5 Å². The van der Waals surface area contributed by atoms with E-state index in [1.54, 1.807) is 6.07 Å². The van der Waals surface area contributed by atoms with E-state index >= 15 is 0 Å². The fraction of sp³-hybridized carbons (Fsp3) is 0.529. The highest BCUT2D eigenvalue weighted by molar-refractivity contribution is 5.79. The second-order valence-electron chi connectivity index (χ2n) is 5.63. The molecule has 1 rings (SSSR count). The van der Waals surface area contributed by atoms with Crippen molar-refractivity contribution in [3.8, 4) is 0 Å². The number of hydrogen-bond donors (Lipinski definition) is 2. The lowest BCUT2D eigenvalue weighted by atomic mass is 10.1. The molecule has 0 radical (unpaired) electrons. The fourth-order valence-electron chi connectivity index (χ4n) is 2.16. The van der Waals surface area contributed by atoms with E-state index in [2.05, 4.69) is 10.6 Å². The summed E-state index contributed by atoms with van der Waals surface area (Å²) in [7, 11) is 0. The molecule has 132 valence electrons. The van der Waals surface area contributed by atoms with Crippen LogP contribution in [0.4, 0.5) is 5.69 Å². The Kier molecular flexibility index (Phi) is 8.46. The van der Waals surface area contributed by atoms with Crippen molar-refractivity contribution >= 4 is 17.5 Å². The van der Waals surface area contributed by atoms with Gasteiger partial charge in [0.1, 0.15) is 6.17 Å². The minimum Gasteiger partial charge on any atom is -0.332 e. The van der Waals surface area contributed by atoms with Crippen molar-refractivity contribution in [1.82, 2.24) is 10.6 Å². The minimum atomic E-state index is -0.765. The second-order valence-corrected chi connectivity index (χ2v) is 5.63. The Morgan fingerprint density at radius 1 is 1.08 bits per heavy atom. The maximum absolute atomic E-state index is 12.0. The number of hydrogen-bond acceptors (Lipinski definition) is 4. The average molecular weight is 335 g/mol. The average Bonchev–Trinajstić information content (AvgIpc) is 2.57. The summed E-state index contributed by atoms with van der Waals surface area (Å²) in [5, 5.41) is 16.4. The van der Waals surface area contributed by atoms with Crippen molar-refractivity contribution in [3.63, 3.8) is 0 Å². The molecule has 0 fully saturated rings. The van der Waals surface area contributed by atoms with Gasteiger partial charge in [0.15, 0.2) is 0 Å². The molecule has 0 saturated carbocycles. The summed E-state index contributed by atoms with van der Waals surface area (Å²) in [6.07, 6.45) is 3.21. The van der Waals surface area contributed by atoms with E-state index in [-0.39, 0.29) is 17.5 Å². The number of nitro groups is 1. The quantitative estimate of drug-likeness (QED) is 0.389. The third-order valence-corrected chi connectivity index (χ3v) is 3.54. The van der Waals surface area contributed by atoms with E-state index in [0.29, 0.717) is 18.4 Å². The third-order valence-electron chi connectivity index (χ3n) is 3.54. The first-order chi connectivity index (χ1) is 11.5. The first kappa shape index (κ1) is 19.6. The van der Waals surface area contributed by atoms with Crippen molar-refractivity contribution in [1.29, 1.82) is 0 Å². The molecule has 2 N–H and O–H groups in total. The van der Waals surface area contributed by atoms with E-state index in [9.17, 15) is 19.7 Å². The summed E-state index contributed by atoms with van der Waals surface area (Å²) in [4.78, 5) is 34.4. The molecule has 7 nitrogen and oxygen atoms in total. The van der Waals surface area contributed by atoms with Crippen molar-refractivity contribution < 1.29 is 14.5 Å². The normalized spacial score (nSPS) is 10.5. The molecule has 7 heteroatoms. The summed E-state index contributed by atoms with van der Waals surface area (Å²) in [5.41, 5.74) is 0.405. The zero-order chi connectivity index (χ0) is 17.9. The summed E-state index contributed by atoms with van der Waals surface area (Å²) >= 11 is 0. The summed E-state index contributed by atoms with van der Waals surface area (Å²) in [5.74, 6) is -0.381. The van der Waals surface area contributed by atoms with Gasteiger partial charge in [0.2, 0.25) is 11.8 Å². The SMILES string of the molecule is CCCCC(=O)NC(NC(=O)CCCC)c1cccc([N+](=O)[O-])c1. The molecule has 0 saturated heterocycles. The van der Waals surface area contributed by atoms with Crippen LogP contribution >= 0.6 is 0 Å². The van der Waals surface area contributed by atoms with E-state index in [0.717, 1.165) is 25.7 Å². The van der Waals surface area contributed by atoms with Crippen LogP contribution in [0.15, 0.2) is 24.3 Å². The Bertz CT molecular complexity index is 553. The number of nitrogens with zero attached hydrogens (tertiary/aromatic N) is 1. The molecule has 0 aliphatic heterocycles. The number of non-ortho nitro benzene ring substituents is 1. The van der Waals surface area contributed by atoms with E-state index in [1.807, 2.05) is 13.8 Å². The van der Waals surface area contributed by atoms with Gasteiger partial charge in [0.05, 0.1) is 4.92 Å². The number of nitrogens with one attached hydrogen (secondary N) is 2. The van der Waals surface area contributed by atoms with Gasteiger partial charge in [-0.05, 0) is 12.8 Å². The first-order valence-corrected chi connectivity index (χ1v) is 8.31.